The number of hydrogen-bond donors (Lipinski definition) is 0. The third-order valence-electron chi connectivity index (χ3n) is 6.28. The van der Waals surface area contributed by atoms with Crippen molar-refractivity contribution < 1.29 is 18.8 Å². The van der Waals surface area contributed by atoms with Gasteiger partial charge in [0.05, 0.1) is 12.8 Å². The summed E-state index contributed by atoms with van der Waals surface area (Å²) in [4.78, 5) is 43.1. The zero-order valence-corrected chi connectivity index (χ0v) is 18.8. The van der Waals surface area contributed by atoms with Gasteiger partial charge in [-0.1, -0.05) is 37.3 Å². The van der Waals surface area contributed by atoms with E-state index in [9.17, 15) is 14.4 Å². The lowest BCUT2D eigenvalue weighted by Gasteiger charge is -2.25. The van der Waals surface area contributed by atoms with E-state index in [1.54, 1.807) is 52.5 Å². The van der Waals surface area contributed by atoms with E-state index in [-0.39, 0.29) is 44.0 Å². The second-order valence-corrected chi connectivity index (χ2v) is 8.99. The molecule has 32 heavy (non-hydrogen) atoms. The lowest BCUT2D eigenvalue weighted by molar-refractivity contribution is -0.141. The Balaban J connectivity index is 1.39. The van der Waals surface area contributed by atoms with Gasteiger partial charge in [-0.15, -0.1) is 0 Å². The van der Waals surface area contributed by atoms with Gasteiger partial charge >= 0.3 is 0 Å². The van der Waals surface area contributed by atoms with Crippen LogP contribution in [0.25, 0.3) is 0 Å². The molecule has 0 spiro atoms. The number of rotatable bonds is 8. The van der Waals surface area contributed by atoms with Crippen LogP contribution in [0.5, 0.6) is 0 Å². The summed E-state index contributed by atoms with van der Waals surface area (Å²) in [6.45, 7) is 0.313. The smallest absolute Gasteiger partial charge is 0.248 e. The molecule has 2 fully saturated rings. The number of carbonyl (C=O) groups excluding carboxylic acids is 3. The summed E-state index contributed by atoms with van der Waals surface area (Å²) in [6, 6.07) is 10.5. The van der Waals surface area contributed by atoms with Crippen LogP contribution >= 0.6 is 11.6 Å². The van der Waals surface area contributed by atoms with Gasteiger partial charge in [0.2, 0.25) is 17.7 Å². The molecule has 0 atom stereocenters. The van der Waals surface area contributed by atoms with Crippen molar-refractivity contribution in [3.8, 4) is 0 Å². The predicted molar refractivity (Wildman–Crippen MR) is 121 cm³/mol. The summed E-state index contributed by atoms with van der Waals surface area (Å²) < 4.78 is 5.41. The molecule has 1 saturated carbocycles. The van der Waals surface area contributed by atoms with Crippen LogP contribution in [0.1, 0.15) is 44.3 Å². The van der Waals surface area contributed by atoms with Gasteiger partial charge in [-0.25, -0.2) is 0 Å². The molecule has 2 aromatic rings. The Morgan fingerprint density at radius 2 is 1.88 bits per heavy atom. The van der Waals surface area contributed by atoms with E-state index >= 15 is 0 Å². The Hall–Kier alpha value is -2.80. The van der Waals surface area contributed by atoms with Crippen LogP contribution in [0.4, 0.5) is 5.69 Å². The standard InChI is InChI=1S/C24H28ClN3O4/c25-19-8-10-20(11-9-19)28-17-27(16-24(28)31)23(30)15-26(14-21-6-3-13-32-21)22(29)12-7-18-4-1-2-5-18/h3,6,8-11,13,18H,1-2,4-5,7,12,14-17H2. The van der Waals surface area contributed by atoms with E-state index in [1.807, 2.05) is 0 Å². The van der Waals surface area contributed by atoms with Gasteiger partial charge in [-0.3, -0.25) is 19.3 Å². The minimum absolute atomic E-state index is 0.00762. The first-order chi connectivity index (χ1) is 15.5. The molecule has 1 aliphatic carbocycles. The lowest BCUT2D eigenvalue weighted by Crippen LogP contribution is -2.42. The first kappa shape index (κ1) is 22.4. The molecule has 3 amide bonds. The Labute approximate surface area is 192 Å². The number of amides is 3. The Morgan fingerprint density at radius 1 is 1.12 bits per heavy atom. The number of benzene rings is 1. The fraction of sp³-hybridized carbons (Fsp3) is 0.458. The first-order valence-corrected chi connectivity index (χ1v) is 11.5. The van der Waals surface area contributed by atoms with E-state index in [2.05, 4.69) is 0 Å². The number of nitrogens with zero attached hydrogens (tertiary/aromatic N) is 3. The molecule has 8 heteroatoms. The minimum Gasteiger partial charge on any atom is -0.467 e. The van der Waals surface area contributed by atoms with Crippen LogP contribution in [0.2, 0.25) is 5.02 Å². The highest BCUT2D eigenvalue weighted by molar-refractivity contribution is 6.30. The third kappa shape index (κ3) is 5.51. The Bertz CT molecular complexity index is 939. The van der Waals surface area contributed by atoms with Crippen LogP contribution in [-0.2, 0) is 20.9 Å². The molecule has 7 nitrogen and oxygen atoms in total. The van der Waals surface area contributed by atoms with E-state index in [0.29, 0.717) is 28.8 Å². The van der Waals surface area contributed by atoms with Crippen LogP contribution in [0.3, 0.4) is 0 Å². The zero-order valence-electron chi connectivity index (χ0n) is 18.0. The molecule has 1 aromatic heterocycles. The van der Waals surface area contributed by atoms with Crippen molar-refractivity contribution in [2.75, 3.05) is 24.7 Å². The second-order valence-electron chi connectivity index (χ2n) is 8.55. The average Bonchev–Trinajstić information content (AvgIpc) is 3.55. The largest absolute Gasteiger partial charge is 0.467 e. The van der Waals surface area contributed by atoms with Crippen molar-refractivity contribution in [2.24, 2.45) is 5.92 Å². The summed E-state index contributed by atoms with van der Waals surface area (Å²) >= 11 is 5.93. The molecule has 0 unspecified atom stereocenters. The van der Waals surface area contributed by atoms with E-state index < -0.39 is 0 Å². The normalized spacial score (nSPS) is 16.7. The Kier molecular flexibility index (Phi) is 7.15. The van der Waals surface area contributed by atoms with Crippen molar-refractivity contribution in [3.05, 3.63) is 53.4 Å². The molecule has 170 valence electrons. The highest BCUT2D eigenvalue weighted by Crippen LogP contribution is 2.29. The van der Waals surface area contributed by atoms with Gasteiger partial charge in [0.15, 0.2) is 0 Å². The Morgan fingerprint density at radius 3 is 2.56 bits per heavy atom. The lowest BCUT2D eigenvalue weighted by atomic mass is 10.0. The van der Waals surface area contributed by atoms with Crippen molar-refractivity contribution in [1.82, 2.24) is 9.80 Å². The highest BCUT2D eigenvalue weighted by atomic mass is 35.5. The van der Waals surface area contributed by atoms with Crippen LogP contribution < -0.4 is 4.90 Å². The molecule has 1 aliphatic heterocycles. The maximum Gasteiger partial charge on any atom is 0.248 e. The average molecular weight is 458 g/mol. The number of carbonyl (C=O) groups is 3. The molecule has 1 saturated heterocycles. The maximum atomic E-state index is 13.0. The van der Waals surface area contributed by atoms with Gasteiger partial charge in [-0.05, 0) is 48.7 Å². The van der Waals surface area contributed by atoms with E-state index in [1.165, 1.54) is 30.6 Å². The summed E-state index contributed by atoms with van der Waals surface area (Å²) in [7, 11) is 0. The third-order valence-corrected chi connectivity index (χ3v) is 6.53. The molecule has 2 aliphatic rings. The first-order valence-electron chi connectivity index (χ1n) is 11.1. The van der Waals surface area contributed by atoms with Gasteiger partial charge in [-0.2, -0.15) is 0 Å². The molecule has 0 N–H and O–H groups in total. The van der Waals surface area contributed by atoms with Gasteiger partial charge < -0.3 is 14.2 Å². The van der Waals surface area contributed by atoms with Crippen molar-refractivity contribution in [1.29, 1.82) is 0 Å². The summed E-state index contributed by atoms with van der Waals surface area (Å²) in [5.41, 5.74) is 0.690. The molecule has 1 aromatic carbocycles. The zero-order chi connectivity index (χ0) is 22.5. The highest BCUT2D eigenvalue weighted by Gasteiger charge is 2.33. The summed E-state index contributed by atoms with van der Waals surface area (Å²) in [5, 5.41) is 0.581. The number of halogens is 1. The fourth-order valence-electron chi connectivity index (χ4n) is 4.43. The van der Waals surface area contributed by atoms with E-state index in [0.717, 1.165) is 6.42 Å². The fourth-order valence-corrected chi connectivity index (χ4v) is 4.56. The van der Waals surface area contributed by atoms with Gasteiger partial charge in [0.1, 0.15) is 25.5 Å². The SMILES string of the molecule is O=C(CCC1CCCC1)N(CC(=O)N1CC(=O)N(c2ccc(Cl)cc2)C1)Cc1ccco1. The monoisotopic (exact) mass is 457 g/mol. The maximum absolute atomic E-state index is 13.0. The molecular weight excluding hydrogens is 430 g/mol. The number of hydrogen-bond acceptors (Lipinski definition) is 4. The quantitative estimate of drug-likeness (QED) is 0.599. The number of furan rings is 1. The van der Waals surface area contributed by atoms with E-state index in [4.69, 9.17) is 16.0 Å². The topological polar surface area (TPSA) is 74.1 Å². The van der Waals surface area contributed by atoms with Crippen molar-refractivity contribution >= 4 is 35.0 Å². The predicted octanol–water partition coefficient (Wildman–Crippen LogP) is 4.06. The number of anilines is 1. The van der Waals surface area contributed by atoms with Crippen LogP contribution in [0.15, 0.2) is 47.1 Å². The van der Waals surface area contributed by atoms with Gasteiger partial charge in [0.25, 0.3) is 0 Å². The molecular formula is C24H28ClN3O4. The molecule has 2 heterocycles. The van der Waals surface area contributed by atoms with Gasteiger partial charge in [0, 0.05) is 17.1 Å². The van der Waals surface area contributed by atoms with Crippen LogP contribution in [-0.4, -0.2) is 47.3 Å². The molecule has 0 radical (unpaired) electrons. The molecule has 0 bridgehead atoms. The minimum atomic E-state index is -0.254. The van der Waals surface area contributed by atoms with Crippen molar-refractivity contribution in [2.45, 2.75) is 45.1 Å². The van der Waals surface area contributed by atoms with Crippen molar-refractivity contribution in [3.63, 3.8) is 0 Å². The summed E-state index contributed by atoms with van der Waals surface area (Å²) in [6.07, 6.45) is 7.67. The molecule has 4 rings (SSSR count). The van der Waals surface area contributed by atoms with Crippen LogP contribution in [0, 0.1) is 5.92 Å². The summed E-state index contributed by atoms with van der Waals surface area (Å²) in [5.74, 6) is 0.764. The second kappa shape index (κ2) is 10.2.